The molecule has 10 heteroatoms. The molecule has 0 bridgehead atoms. The number of nitrogens with zero attached hydrogens (tertiary/aromatic N) is 4. The molecule has 32 heavy (non-hydrogen) atoms. The number of amides is 1. The Morgan fingerprint density at radius 3 is 2.75 bits per heavy atom. The average molecular weight is 472 g/mol. The lowest BCUT2D eigenvalue weighted by atomic mass is 10.2. The smallest absolute Gasteiger partial charge is 0.273 e. The summed E-state index contributed by atoms with van der Waals surface area (Å²) in [6.07, 6.45) is 1.32. The van der Waals surface area contributed by atoms with E-state index in [4.69, 9.17) is 11.6 Å². The van der Waals surface area contributed by atoms with Gasteiger partial charge in [-0.1, -0.05) is 59.3 Å². The third kappa shape index (κ3) is 4.95. The van der Waals surface area contributed by atoms with Crippen LogP contribution >= 0.6 is 22.9 Å². The van der Waals surface area contributed by atoms with E-state index in [0.717, 1.165) is 5.56 Å². The number of nitrogens with one attached hydrogen (secondary N) is 1. The molecule has 4 aromatic rings. The highest BCUT2D eigenvalue weighted by atomic mass is 35.5. The van der Waals surface area contributed by atoms with Crippen molar-refractivity contribution in [1.82, 2.24) is 19.9 Å². The summed E-state index contributed by atoms with van der Waals surface area (Å²) in [7, 11) is 1.90. The second-order valence-corrected chi connectivity index (χ2v) is 8.58. The summed E-state index contributed by atoms with van der Waals surface area (Å²) in [5.74, 6) is -0.898. The summed E-state index contributed by atoms with van der Waals surface area (Å²) in [4.78, 5) is 35.8. The van der Waals surface area contributed by atoms with Crippen molar-refractivity contribution in [2.24, 2.45) is 0 Å². The van der Waals surface area contributed by atoms with Gasteiger partial charge in [0.1, 0.15) is 23.4 Å². The van der Waals surface area contributed by atoms with Crippen LogP contribution in [0.5, 0.6) is 0 Å². The zero-order valence-corrected chi connectivity index (χ0v) is 18.7. The predicted octanol–water partition coefficient (Wildman–Crippen LogP) is 3.60. The van der Waals surface area contributed by atoms with Gasteiger partial charge in [0.15, 0.2) is 10.8 Å². The molecule has 0 atom stereocenters. The van der Waals surface area contributed by atoms with Crippen molar-refractivity contribution in [2.45, 2.75) is 19.6 Å². The van der Waals surface area contributed by atoms with Crippen LogP contribution in [0, 0.1) is 5.82 Å². The van der Waals surface area contributed by atoms with Gasteiger partial charge in [-0.05, 0) is 23.3 Å². The highest BCUT2D eigenvalue weighted by Gasteiger charge is 2.15. The van der Waals surface area contributed by atoms with Gasteiger partial charge in [-0.2, -0.15) is 4.98 Å². The van der Waals surface area contributed by atoms with Gasteiger partial charge < -0.3 is 10.2 Å². The molecule has 0 aliphatic rings. The standard InChI is InChI=1S/C22H19ClFN5O2S/c1-28(11-14-5-3-2-4-6-14)22-27-20-19(32-22)21(31)29(13-26-20)12-18(30)25-10-15-7-8-17(24)16(23)9-15/h2-9,13H,10-12H2,1H3,(H,25,30). The quantitative estimate of drug-likeness (QED) is 0.445. The van der Waals surface area contributed by atoms with Gasteiger partial charge >= 0.3 is 0 Å². The molecule has 0 aliphatic heterocycles. The molecule has 2 aromatic heterocycles. The van der Waals surface area contributed by atoms with Crippen molar-refractivity contribution in [2.75, 3.05) is 11.9 Å². The van der Waals surface area contributed by atoms with Crippen LogP contribution in [0.4, 0.5) is 9.52 Å². The first-order chi connectivity index (χ1) is 15.4. The lowest BCUT2D eigenvalue weighted by molar-refractivity contribution is -0.121. The number of halogens is 2. The number of rotatable bonds is 7. The van der Waals surface area contributed by atoms with Crippen LogP contribution in [-0.4, -0.2) is 27.5 Å². The fourth-order valence-corrected chi connectivity index (χ4v) is 4.23. The van der Waals surface area contributed by atoms with Crippen LogP contribution in [0.3, 0.4) is 0 Å². The third-order valence-corrected chi connectivity index (χ3v) is 6.19. The van der Waals surface area contributed by atoms with Crippen molar-refractivity contribution in [1.29, 1.82) is 0 Å². The van der Waals surface area contributed by atoms with E-state index in [1.54, 1.807) is 0 Å². The lowest BCUT2D eigenvalue weighted by Gasteiger charge is -2.15. The Hall–Kier alpha value is -3.30. The van der Waals surface area contributed by atoms with Crippen LogP contribution in [0.2, 0.25) is 5.02 Å². The summed E-state index contributed by atoms with van der Waals surface area (Å²) < 4.78 is 14.9. The maximum absolute atomic E-state index is 13.2. The van der Waals surface area contributed by atoms with E-state index in [1.807, 2.05) is 42.3 Å². The first-order valence-corrected chi connectivity index (χ1v) is 10.9. The molecule has 0 spiro atoms. The number of benzene rings is 2. The number of anilines is 1. The Balaban J connectivity index is 1.45. The van der Waals surface area contributed by atoms with E-state index in [0.29, 0.717) is 27.6 Å². The number of hydrogen-bond donors (Lipinski definition) is 1. The normalized spacial score (nSPS) is 11.0. The molecule has 2 aromatic carbocycles. The van der Waals surface area contributed by atoms with Crippen LogP contribution in [-0.2, 0) is 24.4 Å². The van der Waals surface area contributed by atoms with Gasteiger partial charge in [-0.3, -0.25) is 14.2 Å². The summed E-state index contributed by atoms with van der Waals surface area (Å²) in [6, 6.07) is 14.2. The molecular formula is C22H19ClFN5O2S. The molecule has 164 valence electrons. The SMILES string of the molecule is CN(Cc1ccccc1)c1nc2ncn(CC(=O)NCc3ccc(F)c(Cl)c3)c(=O)c2s1. The summed E-state index contributed by atoms with van der Waals surface area (Å²) in [5, 5.41) is 3.35. The largest absolute Gasteiger partial charge is 0.350 e. The fraction of sp³-hybridized carbons (Fsp3) is 0.182. The van der Waals surface area contributed by atoms with E-state index < -0.39 is 5.82 Å². The molecule has 1 amide bonds. The van der Waals surface area contributed by atoms with E-state index in [2.05, 4.69) is 15.3 Å². The molecule has 4 rings (SSSR count). The second kappa shape index (κ2) is 9.46. The van der Waals surface area contributed by atoms with E-state index >= 15 is 0 Å². The molecular weight excluding hydrogens is 453 g/mol. The van der Waals surface area contributed by atoms with Crippen molar-refractivity contribution in [3.63, 3.8) is 0 Å². The van der Waals surface area contributed by atoms with E-state index in [1.165, 1.54) is 40.4 Å². The fourth-order valence-electron chi connectivity index (χ4n) is 3.10. The van der Waals surface area contributed by atoms with Gasteiger partial charge in [0.05, 0.1) is 5.02 Å². The second-order valence-electron chi connectivity index (χ2n) is 7.19. The van der Waals surface area contributed by atoms with Gasteiger partial charge in [0.2, 0.25) is 5.91 Å². The number of thiazole rings is 1. The molecule has 1 N–H and O–H groups in total. The molecule has 0 saturated carbocycles. The molecule has 0 saturated heterocycles. The number of fused-ring (bicyclic) bond motifs is 1. The van der Waals surface area contributed by atoms with Crippen molar-refractivity contribution in [3.8, 4) is 0 Å². The Kier molecular flexibility index (Phi) is 6.48. The van der Waals surface area contributed by atoms with E-state index in [9.17, 15) is 14.0 Å². The molecule has 7 nitrogen and oxygen atoms in total. The Labute approximate surface area is 192 Å². The highest BCUT2D eigenvalue weighted by Crippen LogP contribution is 2.25. The first-order valence-electron chi connectivity index (χ1n) is 9.72. The zero-order valence-electron chi connectivity index (χ0n) is 17.1. The minimum Gasteiger partial charge on any atom is -0.350 e. The Bertz CT molecular complexity index is 1330. The lowest BCUT2D eigenvalue weighted by Crippen LogP contribution is -2.32. The van der Waals surface area contributed by atoms with Gasteiger partial charge in [-0.25, -0.2) is 9.37 Å². The number of carbonyl (C=O) groups excluding carboxylic acids is 1. The number of aromatic nitrogens is 3. The monoisotopic (exact) mass is 471 g/mol. The number of hydrogen-bond acceptors (Lipinski definition) is 6. The van der Waals surface area contributed by atoms with Crippen LogP contribution in [0.15, 0.2) is 59.7 Å². The Morgan fingerprint density at radius 1 is 1.22 bits per heavy atom. The predicted molar refractivity (Wildman–Crippen MR) is 123 cm³/mol. The first kappa shape index (κ1) is 21.9. The van der Waals surface area contributed by atoms with Gasteiger partial charge in [0, 0.05) is 20.1 Å². The molecule has 0 radical (unpaired) electrons. The van der Waals surface area contributed by atoms with Gasteiger partial charge in [0.25, 0.3) is 5.56 Å². The minimum absolute atomic E-state index is 0.0131. The minimum atomic E-state index is -0.522. The third-order valence-electron chi connectivity index (χ3n) is 4.75. The molecule has 0 fully saturated rings. The van der Waals surface area contributed by atoms with Crippen molar-refractivity contribution >= 4 is 44.3 Å². The molecule has 0 aliphatic carbocycles. The maximum Gasteiger partial charge on any atom is 0.273 e. The van der Waals surface area contributed by atoms with E-state index in [-0.39, 0.29) is 29.6 Å². The topological polar surface area (TPSA) is 80.1 Å². The summed E-state index contributed by atoms with van der Waals surface area (Å²) in [5.41, 5.74) is 1.80. The summed E-state index contributed by atoms with van der Waals surface area (Å²) in [6.45, 7) is 0.618. The van der Waals surface area contributed by atoms with Crippen molar-refractivity contribution < 1.29 is 9.18 Å². The van der Waals surface area contributed by atoms with Gasteiger partial charge in [-0.15, -0.1) is 0 Å². The maximum atomic E-state index is 13.2. The zero-order chi connectivity index (χ0) is 22.7. The molecule has 0 unspecified atom stereocenters. The number of carbonyl (C=O) groups is 1. The van der Waals surface area contributed by atoms with Crippen LogP contribution in [0.25, 0.3) is 10.3 Å². The highest BCUT2D eigenvalue weighted by molar-refractivity contribution is 7.22. The average Bonchev–Trinajstić information content (AvgIpc) is 3.23. The Morgan fingerprint density at radius 2 is 2.00 bits per heavy atom. The summed E-state index contributed by atoms with van der Waals surface area (Å²) >= 11 is 7.00. The van der Waals surface area contributed by atoms with Crippen LogP contribution < -0.4 is 15.8 Å². The molecule has 2 heterocycles. The van der Waals surface area contributed by atoms with Crippen LogP contribution in [0.1, 0.15) is 11.1 Å². The van der Waals surface area contributed by atoms with Crippen molar-refractivity contribution in [3.05, 3.63) is 87.2 Å².